The van der Waals surface area contributed by atoms with Crippen molar-refractivity contribution in [3.8, 4) is 0 Å². The number of alkyl halides is 6. The molecule has 2 aliphatic carbocycles. The third-order valence-corrected chi connectivity index (χ3v) is 4.40. The van der Waals surface area contributed by atoms with E-state index in [0.717, 1.165) is 19.3 Å². The van der Waals surface area contributed by atoms with Gasteiger partial charge >= 0.3 is 12.4 Å². The van der Waals surface area contributed by atoms with E-state index in [4.69, 9.17) is 5.11 Å². The van der Waals surface area contributed by atoms with Gasteiger partial charge in [-0.3, -0.25) is 0 Å². The van der Waals surface area contributed by atoms with Crippen molar-refractivity contribution in [3.63, 3.8) is 0 Å². The fourth-order valence-electron chi connectivity index (χ4n) is 2.99. The summed E-state index contributed by atoms with van der Waals surface area (Å²) in [5, 5.41) is 8.92. The molecule has 2 bridgehead atoms. The van der Waals surface area contributed by atoms with E-state index in [0.29, 0.717) is 12.3 Å². The molecular formula is C13H16F6O2. The van der Waals surface area contributed by atoms with Crippen LogP contribution in [-0.2, 0) is 4.74 Å². The first-order valence-corrected chi connectivity index (χ1v) is 6.62. The van der Waals surface area contributed by atoms with Gasteiger partial charge in [0, 0.05) is 6.61 Å². The average molecular weight is 318 g/mol. The monoisotopic (exact) mass is 318 g/mol. The lowest BCUT2D eigenvalue weighted by Crippen LogP contribution is -2.60. The summed E-state index contributed by atoms with van der Waals surface area (Å²) < 4.78 is 79.0. The number of rotatable bonds is 5. The largest absolute Gasteiger partial charge is 0.428 e. The third-order valence-electron chi connectivity index (χ3n) is 4.40. The number of halogens is 6. The van der Waals surface area contributed by atoms with Gasteiger partial charge in [0.2, 0.25) is 0 Å². The Hall–Kier alpha value is -0.760. The van der Waals surface area contributed by atoms with Crippen molar-refractivity contribution in [2.24, 2.45) is 11.3 Å². The minimum Gasteiger partial charge on any atom is -0.378 e. The number of hydrogen-bond acceptors (Lipinski definition) is 2. The second kappa shape index (κ2) is 5.15. The molecule has 0 spiro atoms. The summed E-state index contributed by atoms with van der Waals surface area (Å²) in [5.74, 6) is 0.465. The number of aliphatic hydroxyl groups is 1. The van der Waals surface area contributed by atoms with Gasteiger partial charge in [-0.15, -0.1) is 0 Å². The molecule has 21 heavy (non-hydrogen) atoms. The zero-order chi connectivity index (χ0) is 15.9. The predicted molar refractivity (Wildman–Crippen MR) is 61.4 cm³/mol. The van der Waals surface area contributed by atoms with Crippen LogP contribution < -0.4 is 0 Å². The van der Waals surface area contributed by atoms with Crippen LogP contribution in [0.3, 0.4) is 0 Å². The van der Waals surface area contributed by atoms with E-state index in [9.17, 15) is 26.3 Å². The molecule has 0 aliphatic heterocycles. The van der Waals surface area contributed by atoms with E-state index in [-0.39, 0.29) is 12.0 Å². The Kier molecular flexibility index (Phi) is 4.08. The summed E-state index contributed by atoms with van der Waals surface area (Å²) in [7, 11) is 0. The van der Waals surface area contributed by atoms with Crippen LogP contribution in [0.1, 0.15) is 25.7 Å². The standard InChI is InChI=1S/C13H16F6O2/c14-12(15,16)11(20,13(17,18)19)8-21-6-5-10-3-1-9(7-10)2-4-10/h1,3,9,20H,2,4-8H2. The molecule has 0 saturated heterocycles. The summed E-state index contributed by atoms with van der Waals surface area (Å²) in [5.41, 5.74) is -4.97. The molecular weight excluding hydrogens is 302 g/mol. The molecule has 0 aromatic heterocycles. The minimum absolute atomic E-state index is 0.154. The highest BCUT2D eigenvalue weighted by Gasteiger charge is 2.70. The molecule has 0 aromatic carbocycles. The Morgan fingerprint density at radius 2 is 1.76 bits per heavy atom. The Labute approximate surface area is 117 Å². The number of hydrogen-bond donors (Lipinski definition) is 1. The van der Waals surface area contributed by atoms with Crippen molar-refractivity contribution in [2.75, 3.05) is 13.2 Å². The molecule has 2 atom stereocenters. The van der Waals surface area contributed by atoms with Crippen LogP contribution in [-0.4, -0.2) is 36.3 Å². The average Bonchev–Trinajstić information content (AvgIpc) is 2.92. The lowest BCUT2D eigenvalue weighted by molar-refractivity contribution is -0.378. The number of allylic oxidation sites excluding steroid dienone is 2. The Morgan fingerprint density at radius 3 is 2.14 bits per heavy atom. The van der Waals surface area contributed by atoms with Crippen LogP contribution in [0.5, 0.6) is 0 Å². The lowest BCUT2D eigenvalue weighted by Gasteiger charge is -2.32. The molecule has 2 nitrogen and oxygen atoms in total. The van der Waals surface area contributed by atoms with Crippen LogP contribution in [0.25, 0.3) is 0 Å². The molecule has 2 rings (SSSR count). The van der Waals surface area contributed by atoms with E-state index < -0.39 is 24.6 Å². The third kappa shape index (κ3) is 3.06. The highest BCUT2D eigenvalue weighted by molar-refractivity contribution is 5.15. The van der Waals surface area contributed by atoms with Gasteiger partial charge in [0.15, 0.2) is 0 Å². The van der Waals surface area contributed by atoms with Gasteiger partial charge in [-0.1, -0.05) is 12.2 Å². The van der Waals surface area contributed by atoms with Crippen molar-refractivity contribution in [3.05, 3.63) is 12.2 Å². The first-order valence-electron chi connectivity index (χ1n) is 6.62. The SMILES string of the molecule is OC(COCCC12C=CC(CC1)C2)(C(F)(F)F)C(F)(F)F. The summed E-state index contributed by atoms with van der Waals surface area (Å²) in [6, 6.07) is 0. The summed E-state index contributed by atoms with van der Waals surface area (Å²) in [6.45, 7) is -2.07. The van der Waals surface area contributed by atoms with Gasteiger partial charge in [-0.05, 0) is 37.0 Å². The van der Waals surface area contributed by atoms with Gasteiger partial charge in [0.05, 0.1) is 6.61 Å². The van der Waals surface area contributed by atoms with E-state index in [1.165, 1.54) is 0 Å². The van der Waals surface area contributed by atoms with Gasteiger partial charge in [0.25, 0.3) is 5.60 Å². The Bertz CT molecular complexity index is 400. The first kappa shape index (κ1) is 16.6. The Balaban J connectivity index is 1.87. The number of fused-ring (bicyclic) bond motifs is 2. The number of ether oxygens (including phenoxy) is 1. The smallest absolute Gasteiger partial charge is 0.378 e. The Morgan fingerprint density at radius 1 is 1.14 bits per heavy atom. The maximum absolute atomic E-state index is 12.4. The van der Waals surface area contributed by atoms with Crippen molar-refractivity contribution >= 4 is 0 Å². The molecule has 1 N–H and O–H groups in total. The van der Waals surface area contributed by atoms with Gasteiger partial charge in [-0.25, -0.2) is 0 Å². The summed E-state index contributed by atoms with van der Waals surface area (Å²) >= 11 is 0. The molecule has 0 heterocycles. The van der Waals surface area contributed by atoms with E-state index >= 15 is 0 Å². The molecule has 0 amide bonds. The van der Waals surface area contributed by atoms with E-state index in [1.807, 2.05) is 12.2 Å². The second-order valence-electron chi connectivity index (χ2n) is 5.88. The second-order valence-corrected chi connectivity index (χ2v) is 5.88. The quantitative estimate of drug-likeness (QED) is 0.477. The molecule has 8 heteroatoms. The van der Waals surface area contributed by atoms with Crippen LogP contribution in [0.15, 0.2) is 12.2 Å². The fourth-order valence-corrected chi connectivity index (χ4v) is 2.99. The van der Waals surface area contributed by atoms with Gasteiger partial charge in [-0.2, -0.15) is 26.3 Å². The normalized spacial score (nSPS) is 29.4. The molecule has 1 fully saturated rings. The van der Waals surface area contributed by atoms with Crippen LogP contribution in [0.4, 0.5) is 26.3 Å². The van der Waals surface area contributed by atoms with Gasteiger partial charge < -0.3 is 9.84 Å². The molecule has 1 saturated carbocycles. The maximum atomic E-state index is 12.4. The van der Waals surface area contributed by atoms with Crippen molar-refractivity contribution in [1.29, 1.82) is 0 Å². The maximum Gasteiger partial charge on any atom is 0.428 e. The van der Waals surface area contributed by atoms with E-state index in [2.05, 4.69) is 4.74 Å². The summed E-state index contributed by atoms with van der Waals surface area (Å²) in [4.78, 5) is 0. The first-order chi connectivity index (χ1) is 9.49. The van der Waals surface area contributed by atoms with E-state index in [1.54, 1.807) is 0 Å². The fraction of sp³-hybridized carbons (Fsp3) is 0.846. The molecule has 0 aromatic rings. The summed E-state index contributed by atoms with van der Waals surface area (Å²) in [6.07, 6.45) is -4.53. The van der Waals surface area contributed by atoms with Crippen molar-refractivity contribution in [2.45, 2.75) is 43.6 Å². The van der Waals surface area contributed by atoms with Crippen LogP contribution in [0.2, 0.25) is 0 Å². The highest BCUT2D eigenvalue weighted by atomic mass is 19.4. The molecule has 0 radical (unpaired) electrons. The van der Waals surface area contributed by atoms with Crippen LogP contribution in [0, 0.1) is 11.3 Å². The van der Waals surface area contributed by atoms with Crippen molar-refractivity contribution in [1.82, 2.24) is 0 Å². The van der Waals surface area contributed by atoms with Crippen LogP contribution >= 0.6 is 0 Å². The zero-order valence-electron chi connectivity index (χ0n) is 11.1. The van der Waals surface area contributed by atoms with Crippen molar-refractivity contribution < 1.29 is 36.2 Å². The molecule has 2 aliphatic rings. The highest BCUT2D eigenvalue weighted by Crippen LogP contribution is 2.51. The topological polar surface area (TPSA) is 29.5 Å². The zero-order valence-corrected chi connectivity index (χ0v) is 11.1. The molecule has 122 valence electrons. The predicted octanol–water partition coefficient (Wildman–Crippen LogP) is 3.61. The minimum atomic E-state index is -5.82. The van der Waals surface area contributed by atoms with Gasteiger partial charge in [0.1, 0.15) is 0 Å². The lowest BCUT2D eigenvalue weighted by atomic mass is 9.85. The molecule has 2 unspecified atom stereocenters.